The van der Waals surface area contributed by atoms with Crippen molar-refractivity contribution in [3.8, 4) is 5.75 Å². The van der Waals surface area contributed by atoms with Crippen molar-refractivity contribution in [1.82, 2.24) is 0 Å². The van der Waals surface area contributed by atoms with Crippen LogP contribution in [0, 0.1) is 5.92 Å². The Hall–Kier alpha value is -1.97. The zero-order chi connectivity index (χ0) is 16.5. The van der Waals surface area contributed by atoms with Gasteiger partial charge in [-0.05, 0) is 37.6 Å². The number of carbonyl (C=O) groups is 1. The first-order valence-electron chi connectivity index (χ1n) is 7.79. The summed E-state index contributed by atoms with van der Waals surface area (Å²) in [7, 11) is 0. The van der Waals surface area contributed by atoms with E-state index in [9.17, 15) is 4.79 Å². The second-order valence-corrected chi connectivity index (χ2v) is 5.77. The van der Waals surface area contributed by atoms with Gasteiger partial charge in [-0.25, -0.2) is 0 Å². The van der Waals surface area contributed by atoms with E-state index in [1.54, 1.807) is 6.92 Å². The molecule has 1 aromatic carbocycles. The average Bonchev–Trinajstić information content (AvgIpc) is 2.47. The van der Waals surface area contributed by atoms with Crippen LogP contribution in [-0.4, -0.2) is 30.8 Å². The van der Waals surface area contributed by atoms with Gasteiger partial charge in [0.25, 0.3) is 0 Å². The number of rotatable bonds is 10. The van der Waals surface area contributed by atoms with Crippen LogP contribution in [0.1, 0.15) is 33.6 Å². The molecule has 0 radical (unpaired) electrons. The summed E-state index contributed by atoms with van der Waals surface area (Å²) in [6.07, 6.45) is 2.15. The Labute approximate surface area is 133 Å². The molecule has 0 aliphatic carbocycles. The van der Waals surface area contributed by atoms with Gasteiger partial charge in [-0.2, -0.15) is 0 Å². The predicted octanol–water partition coefficient (Wildman–Crippen LogP) is 3.97. The average molecular weight is 305 g/mol. The van der Waals surface area contributed by atoms with Crippen LogP contribution in [0.5, 0.6) is 5.75 Å². The van der Waals surface area contributed by atoms with Crippen molar-refractivity contribution >= 4 is 11.7 Å². The fourth-order valence-electron chi connectivity index (χ4n) is 2.08. The van der Waals surface area contributed by atoms with Crippen molar-refractivity contribution in [2.24, 2.45) is 5.92 Å². The molecule has 0 aromatic heterocycles. The van der Waals surface area contributed by atoms with Gasteiger partial charge in [0.1, 0.15) is 5.75 Å². The molecule has 122 valence electrons. The van der Waals surface area contributed by atoms with E-state index in [1.807, 2.05) is 36.1 Å². The van der Waals surface area contributed by atoms with Crippen LogP contribution in [-0.2, 0) is 4.79 Å². The Bertz CT molecular complexity index is 482. The molecule has 1 N–H and O–H groups in total. The highest BCUT2D eigenvalue weighted by molar-refractivity contribution is 5.70. The fraction of sp³-hybridized carbons (Fsp3) is 0.500. The summed E-state index contributed by atoms with van der Waals surface area (Å²) in [6, 6.07) is 7.81. The standard InChI is InChI=1S/C18H27NO3/c1-5-6-11-22-17-9-7-16(8-10-17)19(12-14(2)3)13-15(4)18(20)21/h7-10,15H,2,5-6,11-13H2,1,3-4H3,(H,20,21). The largest absolute Gasteiger partial charge is 0.494 e. The van der Waals surface area contributed by atoms with E-state index in [-0.39, 0.29) is 0 Å². The van der Waals surface area contributed by atoms with E-state index >= 15 is 0 Å². The summed E-state index contributed by atoms with van der Waals surface area (Å²) in [4.78, 5) is 13.1. The molecule has 0 heterocycles. The molecule has 0 aliphatic rings. The highest BCUT2D eigenvalue weighted by atomic mass is 16.5. The van der Waals surface area contributed by atoms with E-state index in [0.29, 0.717) is 13.1 Å². The Kier molecular flexibility index (Phi) is 7.50. The first-order chi connectivity index (χ1) is 10.4. The van der Waals surface area contributed by atoms with Gasteiger partial charge >= 0.3 is 5.97 Å². The summed E-state index contributed by atoms with van der Waals surface area (Å²) in [5.74, 6) is -0.371. The van der Waals surface area contributed by atoms with Crippen molar-refractivity contribution in [3.05, 3.63) is 36.4 Å². The number of ether oxygens (including phenoxy) is 1. The van der Waals surface area contributed by atoms with Crippen molar-refractivity contribution < 1.29 is 14.6 Å². The zero-order valence-electron chi connectivity index (χ0n) is 13.8. The van der Waals surface area contributed by atoms with Crippen LogP contribution in [0.2, 0.25) is 0 Å². The first-order valence-corrected chi connectivity index (χ1v) is 7.79. The molecule has 4 heteroatoms. The number of carboxylic acid groups (broad SMARTS) is 1. The van der Waals surface area contributed by atoms with Crippen LogP contribution in [0.3, 0.4) is 0 Å². The molecule has 0 saturated heterocycles. The lowest BCUT2D eigenvalue weighted by molar-refractivity contribution is -0.140. The molecular formula is C18H27NO3. The highest BCUT2D eigenvalue weighted by Gasteiger charge is 2.16. The van der Waals surface area contributed by atoms with Crippen LogP contribution in [0.4, 0.5) is 5.69 Å². The van der Waals surface area contributed by atoms with Crippen molar-refractivity contribution in [2.45, 2.75) is 33.6 Å². The second kappa shape index (κ2) is 9.13. The minimum absolute atomic E-state index is 0.431. The van der Waals surface area contributed by atoms with Crippen LogP contribution < -0.4 is 9.64 Å². The number of carboxylic acids is 1. The Morgan fingerprint density at radius 2 is 2.00 bits per heavy atom. The molecule has 0 saturated carbocycles. The maximum absolute atomic E-state index is 11.1. The van der Waals surface area contributed by atoms with E-state index in [1.165, 1.54) is 0 Å². The second-order valence-electron chi connectivity index (χ2n) is 5.77. The minimum atomic E-state index is -0.786. The van der Waals surface area contributed by atoms with Gasteiger partial charge < -0.3 is 14.7 Å². The summed E-state index contributed by atoms with van der Waals surface area (Å²) < 4.78 is 5.65. The monoisotopic (exact) mass is 305 g/mol. The molecule has 22 heavy (non-hydrogen) atoms. The highest BCUT2D eigenvalue weighted by Crippen LogP contribution is 2.21. The fourth-order valence-corrected chi connectivity index (χ4v) is 2.08. The predicted molar refractivity (Wildman–Crippen MR) is 90.7 cm³/mol. The molecule has 1 atom stereocenters. The van der Waals surface area contributed by atoms with Crippen molar-refractivity contribution in [1.29, 1.82) is 0 Å². The molecule has 0 aliphatic heterocycles. The SMILES string of the molecule is C=C(C)CN(CC(C)C(=O)O)c1ccc(OCCCC)cc1. The number of aliphatic carboxylic acids is 1. The van der Waals surface area contributed by atoms with Gasteiger partial charge in [-0.3, -0.25) is 4.79 Å². The lowest BCUT2D eigenvalue weighted by Crippen LogP contribution is -2.33. The molecule has 4 nitrogen and oxygen atoms in total. The van der Waals surface area contributed by atoms with Gasteiger partial charge in [0.2, 0.25) is 0 Å². The van der Waals surface area contributed by atoms with Gasteiger partial charge in [-0.15, -0.1) is 0 Å². The molecule has 1 aromatic rings. The van der Waals surface area contributed by atoms with E-state index < -0.39 is 11.9 Å². The van der Waals surface area contributed by atoms with Gasteiger partial charge in [-0.1, -0.05) is 32.4 Å². The summed E-state index contributed by atoms with van der Waals surface area (Å²) in [5.41, 5.74) is 1.99. The number of nitrogens with zero attached hydrogens (tertiary/aromatic N) is 1. The zero-order valence-corrected chi connectivity index (χ0v) is 13.8. The number of unbranched alkanes of at least 4 members (excludes halogenated alkanes) is 1. The number of hydrogen-bond acceptors (Lipinski definition) is 3. The summed E-state index contributed by atoms with van der Waals surface area (Å²) in [5, 5.41) is 9.11. The molecular weight excluding hydrogens is 278 g/mol. The lowest BCUT2D eigenvalue weighted by atomic mass is 10.1. The van der Waals surface area contributed by atoms with Gasteiger partial charge in [0, 0.05) is 18.8 Å². The van der Waals surface area contributed by atoms with Crippen LogP contribution >= 0.6 is 0 Å². The van der Waals surface area contributed by atoms with E-state index in [0.717, 1.165) is 36.5 Å². The van der Waals surface area contributed by atoms with Crippen LogP contribution in [0.15, 0.2) is 36.4 Å². The number of benzene rings is 1. The Morgan fingerprint density at radius 1 is 1.36 bits per heavy atom. The van der Waals surface area contributed by atoms with Gasteiger partial charge in [0.05, 0.1) is 12.5 Å². The third kappa shape index (κ3) is 6.20. The van der Waals surface area contributed by atoms with Crippen LogP contribution in [0.25, 0.3) is 0 Å². The normalized spacial score (nSPS) is 11.8. The molecule has 1 rings (SSSR count). The minimum Gasteiger partial charge on any atom is -0.494 e. The van der Waals surface area contributed by atoms with E-state index in [2.05, 4.69) is 13.5 Å². The maximum Gasteiger partial charge on any atom is 0.308 e. The quantitative estimate of drug-likeness (QED) is 0.525. The van der Waals surface area contributed by atoms with Gasteiger partial charge in [0.15, 0.2) is 0 Å². The number of anilines is 1. The smallest absolute Gasteiger partial charge is 0.308 e. The van der Waals surface area contributed by atoms with Crippen molar-refractivity contribution in [2.75, 3.05) is 24.6 Å². The maximum atomic E-state index is 11.1. The number of hydrogen-bond donors (Lipinski definition) is 1. The Balaban J connectivity index is 2.76. The third-order valence-corrected chi connectivity index (χ3v) is 3.35. The molecule has 1 unspecified atom stereocenters. The summed E-state index contributed by atoms with van der Waals surface area (Å²) in [6.45, 7) is 11.5. The lowest BCUT2D eigenvalue weighted by Gasteiger charge is -2.27. The molecule has 0 bridgehead atoms. The van der Waals surface area contributed by atoms with E-state index in [4.69, 9.17) is 9.84 Å². The Morgan fingerprint density at radius 3 is 2.50 bits per heavy atom. The topological polar surface area (TPSA) is 49.8 Å². The first kappa shape index (κ1) is 18.1. The third-order valence-electron chi connectivity index (χ3n) is 3.35. The molecule has 0 spiro atoms. The van der Waals surface area contributed by atoms with Crippen molar-refractivity contribution in [3.63, 3.8) is 0 Å². The molecule has 0 fully saturated rings. The summed E-state index contributed by atoms with van der Waals surface area (Å²) >= 11 is 0. The molecule has 0 amide bonds.